The van der Waals surface area contributed by atoms with Crippen molar-refractivity contribution in [1.82, 2.24) is 10.3 Å². The molecule has 0 spiro atoms. The van der Waals surface area contributed by atoms with Crippen molar-refractivity contribution >= 4 is 28.6 Å². The number of anilines is 1. The molecular weight excluding hydrogens is 422 g/mol. The summed E-state index contributed by atoms with van der Waals surface area (Å²) in [6.45, 7) is 1.90. The Hall–Kier alpha value is -3.81. The van der Waals surface area contributed by atoms with E-state index < -0.39 is 11.9 Å². The van der Waals surface area contributed by atoms with Crippen molar-refractivity contribution in [3.8, 4) is 11.5 Å². The van der Waals surface area contributed by atoms with Gasteiger partial charge in [-0.15, -0.1) is 0 Å². The number of para-hydroxylation sites is 3. The number of amides is 1. The highest BCUT2D eigenvalue weighted by Crippen LogP contribution is 2.30. The van der Waals surface area contributed by atoms with E-state index in [0.29, 0.717) is 29.5 Å². The number of hydrogen-bond acceptors (Lipinski definition) is 7. The molecule has 1 atom stereocenters. The number of ether oxygens (including phenoxy) is 3. The second-order valence-electron chi connectivity index (χ2n) is 8.12. The van der Waals surface area contributed by atoms with Crippen molar-refractivity contribution < 1.29 is 23.8 Å². The fourth-order valence-electron chi connectivity index (χ4n) is 4.08. The molecule has 3 aromatic rings. The summed E-state index contributed by atoms with van der Waals surface area (Å²) in [5, 5.41) is 3.60. The molecule has 8 heteroatoms. The van der Waals surface area contributed by atoms with Gasteiger partial charge in [-0.05, 0) is 37.1 Å². The average Bonchev–Trinajstić information content (AvgIpc) is 3.40. The summed E-state index contributed by atoms with van der Waals surface area (Å²) in [6, 6.07) is 16.8. The second kappa shape index (κ2) is 9.36. The van der Waals surface area contributed by atoms with Crippen molar-refractivity contribution in [2.45, 2.75) is 18.9 Å². The third kappa shape index (κ3) is 4.69. The van der Waals surface area contributed by atoms with Crippen LogP contribution in [0, 0.1) is 0 Å². The van der Waals surface area contributed by atoms with Crippen LogP contribution in [0.2, 0.25) is 0 Å². The van der Waals surface area contributed by atoms with Crippen LogP contribution in [0.25, 0.3) is 10.9 Å². The number of esters is 1. The van der Waals surface area contributed by atoms with Crippen molar-refractivity contribution in [2.75, 3.05) is 37.7 Å². The molecule has 0 bridgehead atoms. The molecule has 1 amide bonds. The highest BCUT2D eigenvalue weighted by Gasteiger charge is 2.24. The molecule has 1 N–H and O–H groups in total. The Morgan fingerprint density at radius 3 is 2.67 bits per heavy atom. The Morgan fingerprint density at radius 2 is 1.82 bits per heavy atom. The SMILES string of the molecule is O=C(COC(=O)c1cc2ccccc2nc1N1CCCC1)NCC1COc2ccccc2O1. The predicted octanol–water partition coefficient (Wildman–Crippen LogP) is 2.95. The van der Waals surface area contributed by atoms with E-state index in [4.69, 9.17) is 19.2 Å². The van der Waals surface area contributed by atoms with Gasteiger partial charge in [-0.2, -0.15) is 0 Å². The van der Waals surface area contributed by atoms with E-state index in [-0.39, 0.29) is 19.3 Å². The molecule has 1 aromatic heterocycles. The number of nitrogens with zero attached hydrogens (tertiary/aromatic N) is 2. The number of pyridine rings is 1. The third-order valence-corrected chi connectivity index (χ3v) is 5.76. The number of carbonyl (C=O) groups excluding carboxylic acids is 2. The van der Waals surface area contributed by atoms with Gasteiger partial charge in [0, 0.05) is 18.5 Å². The van der Waals surface area contributed by atoms with E-state index in [9.17, 15) is 9.59 Å². The van der Waals surface area contributed by atoms with E-state index in [0.717, 1.165) is 36.8 Å². The molecule has 2 aromatic carbocycles. The van der Waals surface area contributed by atoms with Crippen LogP contribution in [0.5, 0.6) is 11.5 Å². The lowest BCUT2D eigenvalue weighted by atomic mass is 10.1. The smallest absolute Gasteiger partial charge is 0.342 e. The molecule has 8 nitrogen and oxygen atoms in total. The molecule has 1 saturated heterocycles. The van der Waals surface area contributed by atoms with Crippen LogP contribution >= 0.6 is 0 Å². The fraction of sp³-hybridized carbons (Fsp3) is 0.320. The first-order chi connectivity index (χ1) is 16.2. The lowest BCUT2D eigenvalue weighted by Gasteiger charge is -2.26. The summed E-state index contributed by atoms with van der Waals surface area (Å²) in [7, 11) is 0. The topological polar surface area (TPSA) is 90.0 Å². The van der Waals surface area contributed by atoms with E-state index in [1.165, 1.54) is 0 Å². The largest absolute Gasteiger partial charge is 0.486 e. The molecule has 5 rings (SSSR count). The number of benzene rings is 2. The lowest BCUT2D eigenvalue weighted by Crippen LogP contribution is -2.42. The van der Waals surface area contributed by atoms with Crippen LogP contribution in [0.1, 0.15) is 23.2 Å². The molecule has 2 aliphatic heterocycles. The van der Waals surface area contributed by atoms with Crippen LogP contribution in [0.4, 0.5) is 5.82 Å². The first-order valence-electron chi connectivity index (χ1n) is 11.1. The van der Waals surface area contributed by atoms with Crippen molar-refractivity contribution in [3.63, 3.8) is 0 Å². The van der Waals surface area contributed by atoms with Crippen molar-refractivity contribution in [2.24, 2.45) is 0 Å². The maximum absolute atomic E-state index is 12.9. The van der Waals surface area contributed by atoms with Crippen LogP contribution < -0.4 is 19.7 Å². The van der Waals surface area contributed by atoms with Gasteiger partial charge in [0.15, 0.2) is 18.1 Å². The van der Waals surface area contributed by atoms with E-state index in [1.807, 2.05) is 48.5 Å². The van der Waals surface area contributed by atoms with Gasteiger partial charge < -0.3 is 24.4 Å². The molecular formula is C25H25N3O5. The standard InChI is InChI=1S/C25H25N3O5/c29-23(26-14-18-15-31-21-9-3-4-10-22(21)33-18)16-32-25(30)19-13-17-7-1-2-8-20(17)27-24(19)28-11-5-6-12-28/h1-4,7-10,13,18H,5-6,11-12,14-16H2,(H,26,29). The Kier molecular flexibility index (Phi) is 5.97. The molecule has 1 fully saturated rings. The van der Waals surface area contributed by atoms with Gasteiger partial charge >= 0.3 is 5.97 Å². The summed E-state index contributed by atoms with van der Waals surface area (Å²) >= 11 is 0. The zero-order valence-electron chi connectivity index (χ0n) is 18.2. The van der Waals surface area contributed by atoms with Crippen molar-refractivity contribution in [1.29, 1.82) is 0 Å². The minimum atomic E-state index is -0.559. The number of hydrogen-bond donors (Lipinski definition) is 1. The number of rotatable bonds is 6. The second-order valence-corrected chi connectivity index (χ2v) is 8.12. The Morgan fingerprint density at radius 1 is 1.06 bits per heavy atom. The van der Waals surface area contributed by atoms with Gasteiger partial charge in [0.1, 0.15) is 24.1 Å². The number of nitrogens with one attached hydrogen (secondary N) is 1. The van der Waals surface area contributed by atoms with Gasteiger partial charge in [0.2, 0.25) is 0 Å². The van der Waals surface area contributed by atoms with Crippen LogP contribution in [-0.2, 0) is 9.53 Å². The number of fused-ring (bicyclic) bond motifs is 2. The van der Waals surface area contributed by atoms with Gasteiger partial charge in [-0.3, -0.25) is 4.79 Å². The molecule has 1 unspecified atom stereocenters. The quantitative estimate of drug-likeness (QED) is 0.581. The predicted molar refractivity (Wildman–Crippen MR) is 123 cm³/mol. The molecule has 0 saturated carbocycles. The van der Waals surface area contributed by atoms with Crippen LogP contribution in [0.15, 0.2) is 54.6 Å². The number of aromatic nitrogens is 1. The van der Waals surface area contributed by atoms with E-state index in [2.05, 4.69) is 10.2 Å². The Balaban J connectivity index is 1.20. The van der Waals surface area contributed by atoms with Gasteiger partial charge in [0.25, 0.3) is 5.91 Å². The maximum Gasteiger partial charge on any atom is 0.342 e. The highest BCUT2D eigenvalue weighted by atomic mass is 16.6. The summed E-state index contributed by atoms with van der Waals surface area (Å²) in [6.07, 6.45) is 1.80. The fourth-order valence-corrected chi connectivity index (χ4v) is 4.08. The zero-order chi connectivity index (χ0) is 22.6. The van der Waals surface area contributed by atoms with Gasteiger partial charge in [-0.1, -0.05) is 30.3 Å². The summed E-state index contributed by atoms with van der Waals surface area (Å²) in [5.74, 6) is 0.987. The highest BCUT2D eigenvalue weighted by molar-refractivity contribution is 6.00. The Bertz CT molecular complexity index is 1180. The monoisotopic (exact) mass is 447 g/mol. The van der Waals surface area contributed by atoms with Crippen molar-refractivity contribution in [3.05, 3.63) is 60.2 Å². The minimum Gasteiger partial charge on any atom is -0.486 e. The lowest BCUT2D eigenvalue weighted by molar-refractivity contribution is -0.124. The average molecular weight is 447 g/mol. The number of carbonyl (C=O) groups is 2. The normalized spacial score (nSPS) is 17.1. The van der Waals surface area contributed by atoms with E-state index >= 15 is 0 Å². The molecule has 170 valence electrons. The molecule has 0 radical (unpaired) electrons. The summed E-state index contributed by atoms with van der Waals surface area (Å²) < 4.78 is 16.8. The Labute approximate surface area is 191 Å². The molecule has 2 aliphatic rings. The van der Waals surface area contributed by atoms with Gasteiger partial charge in [0.05, 0.1) is 12.1 Å². The summed E-state index contributed by atoms with van der Waals surface area (Å²) in [5.41, 5.74) is 1.20. The summed E-state index contributed by atoms with van der Waals surface area (Å²) in [4.78, 5) is 32.0. The van der Waals surface area contributed by atoms with Crippen LogP contribution in [0.3, 0.4) is 0 Å². The molecule has 0 aliphatic carbocycles. The molecule has 3 heterocycles. The van der Waals surface area contributed by atoms with Crippen LogP contribution in [-0.4, -0.2) is 55.8 Å². The zero-order valence-corrected chi connectivity index (χ0v) is 18.2. The molecule has 33 heavy (non-hydrogen) atoms. The third-order valence-electron chi connectivity index (χ3n) is 5.76. The first-order valence-corrected chi connectivity index (χ1v) is 11.1. The maximum atomic E-state index is 12.9. The first kappa shape index (κ1) is 21.1. The van der Waals surface area contributed by atoms with Gasteiger partial charge in [-0.25, -0.2) is 9.78 Å². The van der Waals surface area contributed by atoms with E-state index in [1.54, 1.807) is 6.07 Å². The minimum absolute atomic E-state index is 0.251.